The maximum Gasteiger partial charge on any atom is 0.0634 e. The van der Waals surface area contributed by atoms with E-state index < -0.39 is 0 Å². The lowest BCUT2D eigenvalue weighted by Crippen LogP contribution is -2.14. The molecule has 0 saturated heterocycles. The van der Waals surface area contributed by atoms with Gasteiger partial charge in [-0.3, -0.25) is 0 Å². The van der Waals surface area contributed by atoms with Gasteiger partial charge in [0.05, 0.1) is 6.10 Å². The van der Waals surface area contributed by atoms with Crippen LogP contribution in [0, 0.1) is 0 Å². The van der Waals surface area contributed by atoms with Gasteiger partial charge in [0.15, 0.2) is 0 Å². The highest BCUT2D eigenvalue weighted by atomic mass is 16.4. The molecule has 4 heteroatoms. The van der Waals surface area contributed by atoms with Crippen LogP contribution in [0.1, 0.15) is 6.92 Å². The molecule has 0 aliphatic carbocycles. The quantitative estimate of drug-likeness (QED) is 0.313. The molecule has 0 spiro atoms. The van der Waals surface area contributed by atoms with Gasteiger partial charge >= 0.3 is 0 Å². The number of nitrogens with two attached hydrogens (primary N) is 2. The highest BCUT2D eigenvalue weighted by Crippen LogP contribution is 1.65. The summed E-state index contributed by atoms with van der Waals surface area (Å²) in [5.74, 6) is 3.50. The Morgan fingerprint density at radius 2 is 1.71 bits per heavy atom. The van der Waals surface area contributed by atoms with Gasteiger partial charge in [0.1, 0.15) is 0 Å². The fourth-order valence-corrected chi connectivity index (χ4v) is 0. The first-order valence-electron chi connectivity index (χ1n) is 1.91. The van der Waals surface area contributed by atoms with E-state index in [0.717, 1.165) is 0 Å². The van der Waals surface area contributed by atoms with Crippen LogP contribution < -0.4 is 11.6 Å². The summed E-state index contributed by atoms with van der Waals surface area (Å²) in [6.07, 6.45) is -0.338. The molecule has 7 heavy (non-hydrogen) atoms. The van der Waals surface area contributed by atoms with Gasteiger partial charge in [-0.15, -0.1) is 0 Å². The van der Waals surface area contributed by atoms with Crippen LogP contribution >= 0.6 is 0 Å². The Balaban J connectivity index is 0. The van der Waals surface area contributed by atoms with Gasteiger partial charge in [0.25, 0.3) is 0 Å². The van der Waals surface area contributed by atoms with E-state index in [4.69, 9.17) is 16.0 Å². The van der Waals surface area contributed by atoms with Crippen molar-refractivity contribution in [2.24, 2.45) is 11.6 Å². The van der Waals surface area contributed by atoms with Crippen LogP contribution in [0.25, 0.3) is 0 Å². The molecule has 6 N–H and O–H groups in total. The van der Waals surface area contributed by atoms with E-state index in [0.29, 0.717) is 6.54 Å². The third-order valence-corrected chi connectivity index (χ3v) is 0.341. The molecule has 4 nitrogen and oxygen atoms in total. The predicted molar refractivity (Wildman–Crippen MR) is 26.7 cm³/mol. The van der Waals surface area contributed by atoms with Crippen LogP contribution in [0.15, 0.2) is 0 Å². The summed E-state index contributed by atoms with van der Waals surface area (Å²) in [7, 11) is 0. The molecule has 46 valence electrons. The van der Waals surface area contributed by atoms with Crippen molar-refractivity contribution in [3.8, 4) is 0 Å². The van der Waals surface area contributed by atoms with Crippen molar-refractivity contribution in [2.75, 3.05) is 6.54 Å². The monoisotopic (exact) mass is 108 g/mol. The van der Waals surface area contributed by atoms with E-state index in [1.807, 2.05) is 0 Å². The smallest absolute Gasteiger partial charge is 0.0634 e. The highest BCUT2D eigenvalue weighted by Gasteiger charge is 1.81. The second-order valence-electron chi connectivity index (χ2n) is 1.08. The average Bonchev–Trinajstić information content (AvgIpc) is 1.73. The Hall–Kier alpha value is -0.160. The molecule has 0 heterocycles. The number of hydrogen-bond acceptors (Lipinski definition) is 4. The summed E-state index contributed by atoms with van der Waals surface area (Å²) in [5.41, 5.74) is 4.92. The lowest BCUT2D eigenvalue weighted by molar-refractivity contribution is 0.203. The van der Waals surface area contributed by atoms with E-state index in [9.17, 15) is 0 Å². The Bertz CT molecular complexity index is 24.9. The largest absolute Gasteiger partial charge is 0.392 e. The first-order chi connectivity index (χ1) is 3.27. The number of aliphatic hydroxyl groups is 1. The van der Waals surface area contributed by atoms with E-state index >= 15 is 0 Å². The predicted octanol–water partition coefficient (Wildman–Crippen LogP) is -1.34. The van der Waals surface area contributed by atoms with Crippen LogP contribution in [-0.4, -0.2) is 23.0 Å². The summed E-state index contributed by atoms with van der Waals surface area (Å²) in [5, 5.41) is 14.7. The van der Waals surface area contributed by atoms with Gasteiger partial charge in [0.2, 0.25) is 0 Å². The Kier molecular flexibility index (Phi) is 13.2. The fraction of sp³-hybridized carbons (Fsp3) is 1.00. The maximum absolute atomic E-state index is 8.24. The van der Waals surface area contributed by atoms with Gasteiger partial charge in [-0.05, 0) is 6.92 Å². The molecule has 0 fully saturated rings. The van der Waals surface area contributed by atoms with Crippen LogP contribution in [0.4, 0.5) is 0 Å². The SMILES string of the molecule is CC(O)CN.NO. The molecular formula is C3H12N2O2. The fourth-order valence-electron chi connectivity index (χ4n) is 0. The average molecular weight is 108 g/mol. The Morgan fingerprint density at radius 3 is 1.71 bits per heavy atom. The molecular weight excluding hydrogens is 96.0 g/mol. The molecule has 0 aromatic carbocycles. The van der Waals surface area contributed by atoms with E-state index in [-0.39, 0.29) is 6.10 Å². The molecule has 1 unspecified atom stereocenters. The molecule has 0 aliphatic heterocycles. The molecule has 0 aromatic heterocycles. The summed E-state index contributed by atoms with van der Waals surface area (Å²) in [4.78, 5) is 0. The molecule has 0 radical (unpaired) electrons. The minimum Gasteiger partial charge on any atom is -0.392 e. The van der Waals surface area contributed by atoms with Crippen molar-refractivity contribution < 1.29 is 10.3 Å². The summed E-state index contributed by atoms with van der Waals surface area (Å²) in [6, 6.07) is 0. The van der Waals surface area contributed by atoms with Crippen LogP contribution in [0.5, 0.6) is 0 Å². The van der Waals surface area contributed by atoms with E-state index in [1.54, 1.807) is 6.92 Å². The lowest BCUT2D eigenvalue weighted by atomic mass is 10.4. The number of hydrogen-bond donors (Lipinski definition) is 4. The van der Waals surface area contributed by atoms with E-state index in [2.05, 4.69) is 5.90 Å². The standard InChI is InChI=1S/C3H9NO.H3NO/c1-3(5)2-4;1-2/h3,5H,2,4H2,1H3;2H,1H2. The minimum absolute atomic E-state index is 0.338. The Labute approximate surface area is 42.7 Å². The van der Waals surface area contributed by atoms with E-state index in [1.165, 1.54) is 0 Å². The van der Waals surface area contributed by atoms with Crippen molar-refractivity contribution in [1.29, 1.82) is 0 Å². The molecule has 0 rings (SSSR count). The highest BCUT2D eigenvalue weighted by molar-refractivity contribution is 4.40. The lowest BCUT2D eigenvalue weighted by Gasteiger charge is -1.91. The molecule has 0 amide bonds. The van der Waals surface area contributed by atoms with Gasteiger partial charge in [-0.1, -0.05) is 0 Å². The molecule has 1 atom stereocenters. The second-order valence-corrected chi connectivity index (χ2v) is 1.08. The second kappa shape index (κ2) is 9.28. The zero-order valence-electron chi connectivity index (χ0n) is 4.33. The van der Waals surface area contributed by atoms with Crippen molar-refractivity contribution >= 4 is 0 Å². The number of aliphatic hydroxyl groups excluding tert-OH is 1. The third-order valence-electron chi connectivity index (χ3n) is 0.341. The van der Waals surface area contributed by atoms with Crippen LogP contribution in [-0.2, 0) is 0 Å². The molecule has 0 aliphatic rings. The maximum atomic E-state index is 8.24. The van der Waals surface area contributed by atoms with Crippen LogP contribution in [0.3, 0.4) is 0 Å². The van der Waals surface area contributed by atoms with Gasteiger partial charge in [-0.25, -0.2) is 5.90 Å². The number of rotatable bonds is 1. The summed E-state index contributed by atoms with van der Waals surface area (Å²) < 4.78 is 0. The normalized spacial score (nSPS) is 11.6. The van der Waals surface area contributed by atoms with Crippen molar-refractivity contribution in [3.63, 3.8) is 0 Å². The van der Waals surface area contributed by atoms with Crippen molar-refractivity contribution in [3.05, 3.63) is 0 Å². The topological polar surface area (TPSA) is 92.5 Å². The van der Waals surface area contributed by atoms with Gasteiger partial charge < -0.3 is 16.0 Å². The van der Waals surface area contributed by atoms with Gasteiger partial charge in [0, 0.05) is 6.54 Å². The zero-order valence-corrected chi connectivity index (χ0v) is 4.33. The van der Waals surface area contributed by atoms with Crippen molar-refractivity contribution in [1.82, 2.24) is 0 Å². The van der Waals surface area contributed by atoms with Crippen molar-refractivity contribution in [2.45, 2.75) is 13.0 Å². The Morgan fingerprint density at radius 1 is 1.57 bits per heavy atom. The molecule has 0 bridgehead atoms. The van der Waals surface area contributed by atoms with Gasteiger partial charge in [-0.2, -0.15) is 0 Å². The summed E-state index contributed by atoms with van der Waals surface area (Å²) in [6.45, 7) is 2.01. The first-order valence-corrected chi connectivity index (χ1v) is 1.91. The van der Waals surface area contributed by atoms with Crippen LogP contribution in [0.2, 0.25) is 0 Å². The zero-order chi connectivity index (χ0) is 6.28. The minimum atomic E-state index is -0.338. The first kappa shape index (κ1) is 9.96. The summed E-state index contributed by atoms with van der Waals surface area (Å²) >= 11 is 0. The third kappa shape index (κ3) is 25.4. The molecule has 0 aromatic rings. The molecule has 0 saturated carbocycles.